The van der Waals surface area contributed by atoms with Gasteiger partial charge >= 0.3 is 11.7 Å². The molecule has 0 fully saturated rings. The van der Waals surface area contributed by atoms with Crippen LogP contribution < -0.4 is 22.3 Å². The molecule has 0 saturated carbocycles. The Labute approximate surface area is 248 Å². The first-order chi connectivity index (χ1) is 20.3. The normalized spacial score (nSPS) is 11.6. The van der Waals surface area contributed by atoms with Crippen LogP contribution in [0.4, 0.5) is 15.8 Å². The van der Waals surface area contributed by atoms with Gasteiger partial charge in [0.15, 0.2) is 17.9 Å². The van der Waals surface area contributed by atoms with Crippen molar-refractivity contribution >= 4 is 34.4 Å². The third-order valence-corrected chi connectivity index (χ3v) is 6.90. The molecule has 0 saturated heterocycles. The van der Waals surface area contributed by atoms with E-state index in [2.05, 4.69) is 5.32 Å². The average Bonchev–Trinajstić information content (AvgIpc) is 3.29. The Balaban J connectivity index is 1.91. The summed E-state index contributed by atoms with van der Waals surface area (Å²) < 4.78 is 24.2. The van der Waals surface area contributed by atoms with Crippen molar-refractivity contribution < 1.29 is 18.7 Å². The van der Waals surface area contributed by atoms with E-state index in [1.54, 1.807) is 45.0 Å². The molecular formula is C31H37FN6O5. The van der Waals surface area contributed by atoms with Crippen LogP contribution in [-0.4, -0.2) is 30.6 Å². The first kappa shape index (κ1) is 31.2. The lowest BCUT2D eigenvalue weighted by Gasteiger charge is -2.18. The van der Waals surface area contributed by atoms with E-state index in [-0.39, 0.29) is 48.9 Å². The summed E-state index contributed by atoms with van der Waals surface area (Å²) in [6.07, 6.45) is 1.63. The summed E-state index contributed by atoms with van der Waals surface area (Å²) in [6.45, 7) is 8.15. The van der Waals surface area contributed by atoms with Crippen molar-refractivity contribution in [3.8, 4) is 0 Å². The van der Waals surface area contributed by atoms with E-state index >= 15 is 0 Å². The highest BCUT2D eigenvalue weighted by atomic mass is 19.1. The van der Waals surface area contributed by atoms with Gasteiger partial charge in [0.25, 0.3) is 5.56 Å². The predicted molar refractivity (Wildman–Crippen MR) is 162 cm³/mol. The number of aromatic nitrogens is 4. The van der Waals surface area contributed by atoms with E-state index in [1.165, 1.54) is 34.3 Å². The van der Waals surface area contributed by atoms with Crippen molar-refractivity contribution in [3.63, 3.8) is 0 Å². The summed E-state index contributed by atoms with van der Waals surface area (Å²) >= 11 is 0. The van der Waals surface area contributed by atoms with Gasteiger partial charge in [0.05, 0.1) is 12.0 Å². The van der Waals surface area contributed by atoms with Gasteiger partial charge in [-0.1, -0.05) is 25.5 Å². The smallest absolute Gasteiger partial charge is 0.333 e. The number of fused-ring (bicyclic) bond motifs is 1. The number of benzene rings is 2. The Kier molecular flexibility index (Phi) is 9.17. The van der Waals surface area contributed by atoms with Crippen molar-refractivity contribution in [3.05, 3.63) is 86.1 Å². The second kappa shape index (κ2) is 12.6. The molecule has 4 rings (SSSR count). The SMILES string of the molecule is CCCCn1c(=O)n(Cc2cc(N)ccc2F)c(=O)c2c1nc(Cc1ccc(NC(C)=O)cc1)n2COC(=O)C(C)(C)C. The second-order valence-corrected chi connectivity index (χ2v) is 11.5. The second-order valence-electron chi connectivity index (χ2n) is 11.5. The molecule has 1 amide bonds. The molecule has 12 heteroatoms. The van der Waals surface area contributed by atoms with Gasteiger partial charge in [0, 0.05) is 36.8 Å². The Morgan fingerprint density at radius 1 is 1.05 bits per heavy atom. The molecule has 0 bridgehead atoms. The highest BCUT2D eigenvalue weighted by Gasteiger charge is 2.26. The minimum Gasteiger partial charge on any atom is -0.443 e. The molecule has 2 aromatic carbocycles. The van der Waals surface area contributed by atoms with E-state index in [0.29, 0.717) is 23.6 Å². The van der Waals surface area contributed by atoms with E-state index in [0.717, 1.165) is 16.6 Å². The lowest BCUT2D eigenvalue weighted by atomic mass is 9.98. The number of nitrogens with one attached hydrogen (secondary N) is 1. The van der Waals surface area contributed by atoms with Gasteiger partial charge in [-0.25, -0.2) is 14.2 Å². The Hall–Kier alpha value is -4.74. The number of ether oxygens (including phenoxy) is 1. The maximum absolute atomic E-state index is 14.7. The molecule has 0 aliphatic rings. The molecule has 0 unspecified atom stereocenters. The highest BCUT2D eigenvalue weighted by Crippen LogP contribution is 2.21. The molecule has 3 N–H and O–H groups in total. The maximum atomic E-state index is 14.7. The fourth-order valence-corrected chi connectivity index (χ4v) is 4.58. The zero-order chi connectivity index (χ0) is 31.5. The number of hydrogen-bond acceptors (Lipinski definition) is 7. The zero-order valence-electron chi connectivity index (χ0n) is 25.1. The minimum absolute atomic E-state index is 0.0617. The van der Waals surface area contributed by atoms with Crippen LogP contribution in [0.1, 0.15) is 64.4 Å². The Morgan fingerprint density at radius 2 is 1.74 bits per heavy atom. The quantitative estimate of drug-likeness (QED) is 0.209. The van der Waals surface area contributed by atoms with Crippen LogP contribution in [0, 0.1) is 11.2 Å². The van der Waals surface area contributed by atoms with E-state index in [1.807, 2.05) is 6.92 Å². The molecule has 228 valence electrons. The van der Waals surface area contributed by atoms with E-state index in [4.69, 9.17) is 15.5 Å². The fraction of sp³-hybridized carbons (Fsp3) is 0.387. The molecule has 4 aromatic rings. The number of imidazole rings is 1. The Bertz CT molecular complexity index is 1780. The van der Waals surface area contributed by atoms with E-state index in [9.17, 15) is 23.6 Å². The number of hydrogen-bond donors (Lipinski definition) is 2. The number of rotatable bonds is 10. The van der Waals surface area contributed by atoms with E-state index < -0.39 is 28.5 Å². The lowest BCUT2D eigenvalue weighted by Crippen LogP contribution is -2.41. The largest absolute Gasteiger partial charge is 0.443 e. The number of unbranched alkanes of at least 4 members (excludes halogenated alkanes) is 1. The van der Waals surface area contributed by atoms with Crippen molar-refractivity contribution in [2.75, 3.05) is 11.1 Å². The molecule has 0 aliphatic carbocycles. The van der Waals surface area contributed by atoms with Crippen LogP contribution in [0.2, 0.25) is 0 Å². The average molecular weight is 593 g/mol. The zero-order valence-corrected chi connectivity index (χ0v) is 25.1. The molecule has 0 spiro atoms. The number of esters is 1. The van der Waals surface area contributed by atoms with Crippen LogP contribution in [0.3, 0.4) is 0 Å². The summed E-state index contributed by atoms with van der Waals surface area (Å²) in [5.41, 5.74) is 5.76. The van der Waals surface area contributed by atoms with Crippen LogP contribution in [-0.2, 0) is 40.6 Å². The topological polar surface area (TPSA) is 143 Å². The predicted octanol–water partition coefficient (Wildman–Crippen LogP) is 4.03. The Morgan fingerprint density at radius 3 is 2.37 bits per heavy atom. The van der Waals surface area contributed by atoms with Crippen molar-refractivity contribution in [1.82, 2.24) is 18.7 Å². The van der Waals surface area contributed by atoms with Crippen molar-refractivity contribution in [1.29, 1.82) is 0 Å². The number of nitrogens with zero attached hydrogens (tertiary/aromatic N) is 4. The van der Waals surface area contributed by atoms with Gasteiger partial charge in [-0.3, -0.25) is 28.1 Å². The first-order valence-electron chi connectivity index (χ1n) is 14.1. The number of amides is 1. The monoisotopic (exact) mass is 592 g/mol. The molecule has 11 nitrogen and oxygen atoms in total. The molecule has 0 radical (unpaired) electrons. The summed E-state index contributed by atoms with van der Waals surface area (Å²) in [4.78, 5) is 56.6. The molecule has 0 atom stereocenters. The summed E-state index contributed by atoms with van der Waals surface area (Å²) in [5, 5.41) is 2.72. The fourth-order valence-electron chi connectivity index (χ4n) is 4.58. The molecule has 43 heavy (non-hydrogen) atoms. The number of carbonyl (C=O) groups is 2. The van der Waals surface area contributed by atoms with Gasteiger partial charge in [-0.15, -0.1) is 0 Å². The summed E-state index contributed by atoms with van der Waals surface area (Å²) in [5.74, 6) is -0.897. The minimum atomic E-state index is -0.801. The lowest BCUT2D eigenvalue weighted by molar-refractivity contribution is -0.156. The maximum Gasteiger partial charge on any atom is 0.333 e. The number of aryl methyl sites for hydroxylation is 1. The summed E-state index contributed by atoms with van der Waals surface area (Å²) in [6, 6.07) is 11.1. The molecular weight excluding hydrogens is 555 g/mol. The van der Waals surface area contributed by atoms with Crippen LogP contribution in [0.25, 0.3) is 11.2 Å². The van der Waals surface area contributed by atoms with Crippen molar-refractivity contribution in [2.45, 2.75) is 73.7 Å². The summed E-state index contributed by atoms with van der Waals surface area (Å²) in [7, 11) is 0. The van der Waals surface area contributed by atoms with Gasteiger partial charge in [-0.2, -0.15) is 0 Å². The number of nitrogens with two attached hydrogens (primary N) is 1. The van der Waals surface area contributed by atoms with Gasteiger partial charge in [-0.05, 0) is 63.1 Å². The standard InChI is InChI=1S/C31H37FN6O5/c1-6-7-14-36-27-26(28(40)37(30(36)42)17-21-16-22(33)10-13-24(21)32)38(18-43-29(41)31(3,4)5)25(35-27)15-20-8-11-23(12-9-20)34-19(2)39/h8-13,16H,6-7,14-15,17-18,33H2,1-5H3,(H,34,39). The van der Waals surface area contributed by atoms with Crippen molar-refractivity contribution in [2.24, 2.45) is 5.41 Å². The number of halogens is 1. The van der Waals surface area contributed by atoms with Crippen LogP contribution >= 0.6 is 0 Å². The number of nitrogen functional groups attached to an aromatic ring is 1. The van der Waals surface area contributed by atoms with Gasteiger partial charge in [0.2, 0.25) is 5.91 Å². The third kappa shape index (κ3) is 7.02. The third-order valence-electron chi connectivity index (χ3n) is 6.90. The van der Waals surface area contributed by atoms with Crippen LogP contribution in [0.15, 0.2) is 52.1 Å². The molecule has 2 aromatic heterocycles. The van der Waals surface area contributed by atoms with Crippen LogP contribution in [0.5, 0.6) is 0 Å². The molecule has 0 aliphatic heterocycles. The number of anilines is 2. The first-order valence-corrected chi connectivity index (χ1v) is 14.1. The van der Waals surface area contributed by atoms with Gasteiger partial charge < -0.3 is 15.8 Å². The molecule has 2 heterocycles. The van der Waals surface area contributed by atoms with Gasteiger partial charge in [0.1, 0.15) is 11.6 Å². The number of carbonyl (C=O) groups excluding carboxylic acids is 2. The highest BCUT2D eigenvalue weighted by molar-refractivity contribution is 5.88.